The SMILES string of the molecule is CCNc1ccc(C(=O)Nc2nnc(C)o2)cc1. The van der Waals surface area contributed by atoms with Crippen LogP contribution in [0.3, 0.4) is 0 Å². The smallest absolute Gasteiger partial charge is 0.322 e. The van der Waals surface area contributed by atoms with Gasteiger partial charge in [0, 0.05) is 24.7 Å². The van der Waals surface area contributed by atoms with Crippen molar-refractivity contribution in [3.63, 3.8) is 0 Å². The van der Waals surface area contributed by atoms with Crippen LogP contribution in [0.5, 0.6) is 0 Å². The van der Waals surface area contributed by atoms with Crippen molar-refractivity contribution in [1.29, 1.82) is 0 Å². The molecule has 0 radical (unpaired) electrons. The first-order valence-corrected chi connectivity index (χ1v) is 5.64. The van der Waals surface area contributed by atoms with Gasteiger partial charge in [0.15, 0.2) is 0 Å². The zero-order valence-electron chi connectivity index (χ0n) is 10.2. The Kier molecular flexibility index (Phi) is 3.57. The zero-order chi connectivity index (χ0) is 13.0. The fourth-order valence-electron chi connectivity index (χ4n) is 1.46. The van der Waals surface area contributed by atoms with Gasteiger partial charge in [0.05, 0.1) is 0 Å². The van der Waals surface area contributed by atoms with Crippen LogP contribution < -0.4 is 10.6 Å². The fraction of sp³-hybridized carbons (Fsp3) is 0.250. The summed E-state index contributed by atoms with van der Waals surface area (Å²) in [4.78, 5) is 11.8. The first-order valence-electron chi connectivity index (χ1n) is 5.64. The van der Waals surface area contributed by atoms with Crippen LogP contribution in [0.25, 0.3) is 0 Å². The van der Waals surface area contributed by atoms with E-state index in [1.54, 1.807) is 19.1 Å². The third kappa shape index (κ3) is 2.85. The number of aryl methyl sites for hydroxylation is 1. The summed E-state index contributed by atoms with van der Waals surface area (Å²) in [5.41, 5.74) is 1.51. The van der Waals surface area contributed by atoms with Gasteiger partial charge in [-0.15, -0.1) is 5.10 Å². The van der Waals surface area contributed by atoms with Gasteiger partial charge in [-0.05, 0) is 31.2 Å². The number of carbonyl (C=O) groups is 1. The molecule has 0 atom stereocenters. The Morgan fingerprint density at radius 2 is 2.00 bits per heavy atom. The van der Waals surface area contributed by atoms with Gasteiger partial charge in [-0.25, -0.2) is 0 Å². The van der Waals surface area contributed by atoms with Crippen LogP contribution in [0, 0.1) is 6.92 Å². The van der Waals surface area contributed by atoms with E-state index in [1.807, 2.05) is 19.1 Å². The van der Waals surface area contributed by atoms with Crippen LogP contribution in [0.2, 0.25) is 0 Å². The maximum Gasteiger partial charge on any atom is 0.322 e. The topological polar surface area (TPSA) is 80.0 Å². The minimum absolute atomic E-state index is 0.105. The average molecular weight is 246 g/mol. The normalized spacial score (nSPS) is 10.1. The van der Waals surface area contributed by atoms with Gasteiger partial charge in [-0.2, -0.15) is 0 Å². The highest BCUT2D eigenvalue weighted by Crippen LogP contribution is 2.11. The monoisotopic (exact) mass is 246 g/mol. The van der Waals surface area contributed by atoms with E-state index in [-0.39, 0.29) is 11.9 Å². The number of nitrogens with zero attached hydrogens (tertiary/aromatic N) is 2. The summed E-state index contributed by atoms with van der Waals surface area (Å²) in [6.07, 6.45) is 0. The quantitative estimate of drug-likeness (QED) is 0.863. The molecular weight excluding hydrogens is 232 g/mol. The maximum absolute atomic E-state index is 11.8. The van der Waals surface area contributed by atoms with Crippen LogP contribution >= 0.6 is 0 Å². The lowest BCUT2D eigenvalue weighted by molar-refractivity contribution is 0.102. The number of amides is 1. The standard InChI is InChI=1S/C12H14N4O2/c1-3-13-10-6-4-9(5-7-10)11(17)14-12-16-15-8(2)18-12/h4-7,13H,3H2,1-2H3,(H,14,16,17). The molecule has 0 aliphatic rings. The third-order valence-electron chi connectivity index (χ3n) is 2.27. The van der Waals surface area contributed by atoms with E-state index in [9.17, 15) is 4.79 Å². The molecule has 18 heavy (non-hydrogen) atoms. The molecule has 2 rings (SSSR count). The van der Waals surface area contributed by atoms with E-state index in [1.165, 1.54) is 0 Å². The van der Waals surface area contributed by atoms with E-state index in [0.717, 1.165) is 12.2 Å². The van der Waals surface area contributed by atoms with E-state index in [2.05, 4.69) is 20.8 Å². The lowest BCUT2D eigenvalue weighted by Crippen LogP contribution is -2.12. The minimum Gasteiger partial charge on any atom is -0.408 e. The van der Waals surface area contributed by atoms with Gasteiger partial charge >= 0.3 is 6.01 Å². The molecule has 0 spiro atoms. The third-order valence-corrected chi connectivity index (χ3v) is 2.27. The molecule has 0 unspecified atom stereocenters. The molecule has 2 N–H and O–H groups in total. The van der Waals surface area contributed by atoms with Crippen molar-refractivity contribution in [2.45, 2.75) is 13.8 Å². The number of nitrogens with one attached hydrogen (secondary N) is 2. The zero-order valence-corrected chi connectivity index (χ0v) is 10.2. The molecule has 0 aliphatic carbocycles. The highest BCUT2D eigenvalue weighted by molar-refractivity contribution is 6.03. The lowest BCUT2D eigenvalue weighted by atomic mass is 10.2. The summed E-state index contributed by atoms with van der Waals surface area (Å²) < 4.78 is 5.07. The van der Waals surface area contributed by atoms with Crippen molar-refractivity contribution in [2.75, 3.05) is 17.2 Å². The van der Waals surface area contributed by atoms with Gasteiger partial charge in [0.1, 0.15) is 0 Å². The van der Waals surface area contributed by atoms with E-state index >= 15 is 0 Å². The Labute approximate surface area is 104 Å². The highest BCUT2D eigenvalue weighted by atomic mass is 16.4. The first kappa shape index (κ1) is 12.1. The molecule has 0 bridgehead atoms. The van der Waals surface area contributed by atoms with Gasteiger partial charge in [-0.3, -0.25) is 10.1 Å². The predicted octanol–water partition coefficient (Wildman–Crippen LogP) is 2.06. The molecule has 6 heteroatoms. The Hall–Kier alpha value is -2.37. The van der Waals surface area contributed by atoms with Crippen molar-refractivity contribution in [1.82, 2.24) is 10.2 Å². The van der Waals surface area contributed by atoms with Crippen LogP contribution in [-0.4, -0.2) is 22.6 Å². The van der Waals surface area contributed by atoms with Crippen molar-refractivity contribution in [3.8, 4) is 0 Å². The van der Waals surface area contributed by atoms with E-state index < -0.39 is 0 Å². The molecule has 0 fully saturated rings. The molecule has 1 aromatic carbocycles. The summed E-state index contributed by atoms with van der Waals surface area (Å²) >= 11 is 0. The summed E-state index contributed by atoms with van der Waals surface area (Å²) in [6.45, 7) is 4.51. The molecule has 0 saturated heterocycles. The Balaban J connectivity index is 2.04. The van der Waals surface area contributed by atoms with Crippen molar-refractivity contribution < 1.29 is 9.21 Å². The van der Waals surface area contributed by atoms with Crippen molar-refractivity contribution in [3.05, 3.63) is 35.7 Å². The summed E-state index contributed by atoms with van der Waals surface area (Å²) in [7, 11) is 0. The number of hydrogen-bond donors (Lipinski definition) is 2. The van der Waals surface area contributed by atoms with Crippen molar-refractivity contribution >= 4 is 17.6 Å². The molecule has 1 amide bonds. The average Bonchev–Trinajstić information content (AvgIpc) is 2.76. The number of hydrogen-bond acceptors (Lipinski definition) is 5. The number of rotatable bonds is 4. The minimum atomic E-state index is -0.276. The Morgan fingerprint density at radius 1 is 1.28 bits per heavy atom. The number of aromatic nitrogens is 2. The van der Waals surface area contributed by atoms with Gasteiger partial charge in [0.25, 0.3) is 5.91 Å². The molecular formula is C12H14N4O2. The predicted molar refractivity (Wildman–Crippen MR) is 67.6 cm³/mol. The van der Waals surface area contributed by atoms with Gasteiger partial charge < -0.3 is 9.73 Å². The Bertz CT molecular complexity index is 533. The second kappa shape index (κ2) is 5.31. The Morgan fingerprint density at radius 3 is 2.56 bits per heavy atom. The van der Waals surface area contributed by atoms with Gasteiger partial charge in [0.2, 0.25) is 5.89 Å². The summed E-state index contributed by atoms with van der Waals surface area (Å²) in [6, 6.07) is 7.26. The molecule has 94 valence electrons. The first-order chi connectivity index (χ1) is 8.69. The summed E-state index contributed by atoms with van der Waals surface area (Å²) in [5.74, 6) is 0.134. The number of anilines is 2. The van der Waals surface area contributed by atoms with Crippen LogP contribution in [-0.2, 0) is 0 Å². The largest absolute Gasteiger partial charge is 0.408 e. The molecule has 1 heterocycles. The summed E-state index contributed by atoms with van der Waals surface area (Å²) in [5, 5.41) is 13.0. The number of carbonyl (C=O) groups excluding carboxylic acids is 1. The highest BCUT2D eigenvalue weighted by Gasteiger charge is 2.09. The molecule has 0 saturated carbocycles. The molecule has 1 aromatic heterocycles. The second-order valence-corrected chi connectivity index (χ2v) is 3.69. The second-order valence-electron chi connectivity index (χ2n) is 3.69. The van der Waals surface area contributed by atoms with Crippen molar-refractivity contribution in [2.24, 2.45) is 0 Å². The van der Waals surface area contributed by atoms with E-state index in [4.69, 9.17) is 4.42 Å². The van der Waals surface area contributed by atoms with E-state index in [0.29, 0.717) is 11.5 Å². The fourth-order valence-corrected chi connectivity index (χ4v) is 1.46. The van der Waals surface area contributed by atoms with Crippen LogP contribution in [0.15, 0.2) is 28.7 Å². The maximum atomic E-state index is 11.8. The van der Waals surface area contributed by atoms with Crippen LogP contribution in [0.1, 0.15) is 23.2 Å². The number of benzene rings is 1. The molecule has 0 aliphatic heterocycles. The molecule has 6 nitrogen and oxygen atoms in total. The molecule has 2 aromatic rings. The van der Waals surface area contributed by atoms with Gasteiger partial charge in [-0.1, -0.05) is 5.10 Å². The lowest BCUT2D eigenvalue weighted by Gasteiger charge is -2.04. The van der Waals surface area contributed by atoms with Crippen LogP contribution in [0.4, 0.5) is 11.7 Å².